The zero-order valence-electron chi connectivity index (χ0n) is 13.7. The van der Waals surface area contributed by atoms with Crippen LogP contribution in [0.4, 0.5) is 0 Å². The van der Waals surface area contributed by atoms with Gasteiger partial charge in [-0.1, -0.05) is 34.1 Å². The zero-order chi connectivity index (χ0) is 14.0. The van der Waals surface area contributed by atoms with Crippen LogP contribution in [0, 0.1) is 11.8 Å². The molecule has 0 aliphatic carbocycles. The molecule has 0 saturated carbocycles. The molecular weight excluding hydrogens is 232 g/mol. The van der Waals surface area contributed by atoms with Crippen LogP contribution in [0.3, 0.4) is 0 Å². The first-order valence-corrected chi connectivity index (χ1v) is 8.48. The van der Waals surface area contributed by atoms with Gasteiger partial charge in [-0.25, -0.2) is 0 Å². The van der Waals surface area contributed by atoms with E-state index in [1.807, 2.05) is 0 Å². The molecule has 0 aromatic rings. The summed E-state index contributed by atoms with van der Waals surface area (Å²) in [5, 5.41) is 0. The van der Waals surface area contributed by atoms with Gasteiger partial charge in [-0.15, -0.1) is 0 Å². The van der Waals surface area contributed by atoms with Crippen molar-refractivity contribution >= 4 is 0 Å². The van der Waals surface area contributed by atoms with Crippen molar-refractivity contribution in [2.75, 3.05) is 19.6 Å². The summed E-state index contributed by atoms with van der Waals surface area (Å²) >= 11 is 0. The minimum absolute atomic E-state index is 0.747. The molecule has 0 radical (unpaired) electrons. The van der Waals surface area contributed by atoms with Gasteiger partial charge < -0.3 is 0 Å². The Balaban J connectivity index is 2.05. The van der Waals surface area contributed by atoms with E-state index in [9.17, 15) is 0 Å². The molecule has 0 spiro atoms. The molecule has 2 heterocycles. The van der Waals surface area contributed by atoms with Gasteiger partial charge in [-0.2, -0.15) is 0 Å². The Hall–Kier alpha value is -0.0800. The zero-order valence-corrected chi connectivity index (χ0v) is 13.7. The predicted molar refractivity (Wildman–Crippen MR) is 83.5 cm³/mol. The van der Waals surface area contributed by atoms with Crippen molar-refractivity contribution in [3.8, 4) is 0 Å². The van der Waals surface area contributed by atoms with E-state index in [0.717, 1.165) is 30.0 Å². The van der Waals surface area contributed by atoms with Crippen LogP contribution in [-0.2, 0) is 0 Å². The second-order valence-electron chi connectivity index (χ2n) is 7.63. The molecule has 3 atom stereocenters. The SMILES string of the molecule is CC(C)CC(C)N1CC2CCCCN2CC1C(C)C. The molecule has 0 N–H and O–H groups in total. The Morgan fingerprint density at radius 2 is 1.74 bits per heavy atom. The highest BCUT2D eigenvalue weighted by atomic mass is 15.3. The van der Waals surface area contributed by atoms with E-state index in [-0.39, 0.29) is 0 Å². The maximum Gasteiger partial charge on any atom is 0.0249 e. The van der Waals surface area contributed by atoms with Crippen molar-refractivity contribution in [1.82, 2.24) is 9.80 Å². The summed E-state index contributed by atoms with van der Waals surface area (Å²) in [5.74, 6) is 1.59. The highest BCUT2D eigenvalue weighted by Crippen LogP contribution is 2.29. The monoisotopic (exact) mass is 266 g/mol. The quantitative estimate of drug-likeness (QED) is 0.767. The average molecular weight is 266 g/mol. The fraction of sp³-hybridized carbons (Fsp3) is 1.00. The van der Waals surface area contributed by atoms with Gasteiger partial charge >= 0.3 is 0 Å². The van der Waals surface area contributed by atoms with Crippen LogP contribution in [0.5, 0.6) is 0 Å². The highest BCUT2D eigenvalue weighted by molar-refractivity contribution is 4.93. The van der Waals surface area contributed by atoms with Crippen LogP contribution in [-0.4, -0.2) is 47.6 Å². The minimum Gasteiger partial charge on any atom is -0.298 e. The molecule has 0 aromatic heterocycles. The summed E-state index contributed by atoms with van der Waals surface area (Å²) < 4.78 is 0. The van der Waals surface area contributed by atoms with E-state index in [1.165, 1.54) is 45.3 Å². The second-order valence-corrected chi connectivity index (χ2v) is 7.63. The van der Waals surface area contributed by atoms with Crippen LogP contribution in [0.15, 0.2) is 0 Å². The summed E-state index contributed by atoms with van der Waals surface area (Å²) in [4.78, 5) is 5.63. The third kappa shape index (κ3) is 3.72. The molecule has 2 fully saturated rings. The minimum atomic E-state index is 0.747. The van der Waals surface area contributed by atoms with Crippen molar-refractivity contribution in [2.24, 2.45) is 11.8 Å². The standard InChI is InChI=1S/C17H34N2/c1-13(2)10-15(5)19-11-16-8-6-7-9-18(16)12-17(19)14(3)4/h13-17H,6-12H2,1-5H3. The molecule has 0 amide bonds. The Morgan fingerprint density at radius 3 is 2.37 bits per heavy atom. The number of piperazine rings is 1. The van der Waals surface area contributed by atoms with E-state index in [1.54, 1.807) is 0 Å². The van der Waals surface area contributed by atoms with Gasteiger partial charge in [0, 0.05) is 31.2 Å². The molecule has 112 valence electrons. The number of fused-ring (bicyclic) bond motifs is 1. The number of hydrogen-bond donors (Lipinski definition) is 0. The number of hydrogen-bond acceptors (Lipinski definition) is 2. The molecule has 19 heavy (non-hydrogen) atoms. The molecular formula is C17H34N2. The molecule has 0 bridgehead atoms. The van der Waals surface area contributed by atoms with Crippen molar-refractivity contribution in [2.45, 2.75) is 78.4 Å². The van der Waals surface area contributed by atoms with Crippen LogP contribution in [0.25, 0.3) is 0 Å². The Kier molecular flexibility index (Phi) is 5.30. The largest absolute Gasteiger partial charge is 0.298 e. The first-order valence-electron chi connectivity index (χ1n) is 8.48. The number of nitrogens with zero attached hydrogens (tertiary/aromatic N) is 2. The lowest BCUT2D eigenvalue weighted by Crippen LogP contribution is -2.62. The van der Waals surface area contributed by atoms with Crippen LogP contribution < -0.4 is 0 Å². The second kappa shape index (κ2) is 6.58. The van der Waals surface area contributed by atoms with Crippen LogP contribution in [0.1, 0.15) is 60.3 Å². The maximum atomic E-state index is 2.84. The fourth-order valence-electron chi connectivity index (χ4n) is 4.15. The van der Waals surface area contributed by atoms with E-state index in [4.69, 9.17) is 0 Å². The van der Waals surface area contributed by atoms with Crippen molar-refractivity contribution < 1.29 is 0 Å². The van der Waals surface area contributed by atoms with Crippen LogP contribution >= 0.6 is 0 Å². The smallest absolute Gasteiger partial charge is 0.0249 e. The molecule has 0 aromatic carbocycles. The van der Waals surface area contributed by atoms with Crippen molar-refractivity contribution in [1.29, 1.82) is 0 Å². The Morgan fingerprint density at radius 1 is 1.00 bits per heavy atom. The Bertz CT molecular complexity index is 274. The topological polar surface area (TPSA) is 6.48 Å². The first kappa shape index (κ1) is 15.3. The number of piperidine rings is 1. The van der Waals surface area contributed by atoms with Crippen LogP contribution in [0.2, 0.25) is 0 Å². The summed E-state index contributed by atoms with van der Waals surface area (Å²) in [6.45, 7) is 16.0. The third-order valence-corrected chi connectivity index (χ3v) is 5.17. The normalized spacial score (nSPS) is 31.7. The van der Waals surface area contributed by atoms with E-state index in [2.05, 4.69) is 44.4 Å². The lowest BCUT2D eigenvalue weighted by atomic mass is 9.89. The van der Waals surface area contributed by atoms with Crippen molar-refractivity contribution in [3.05, 3.63) is 0 Å². The third-order valence-electron chi connectivity index (χ3n) is 5.17. The Labute approximate surface area is 120 Å². The van der Waals surface area contributed by atoms with Gasteiger partial charge in [0.1, 0.15) is 0 Å². The predicted octanol–water partition coefficient (Wildman–Crippen LogP) is 3.62. The first-order chi connectivity index (χ1) is 8.99. The average Bonchev–Trinajstić information content (AvgIpc) is 2.36. The molecule has 2 nitrogen and oxygen atoms in total. The lowest BCUT2D eigenvalue weighted by molar-refractivity contribution is -0.0300. The van der Waals surface area contributed by atoms with E-state index >= 15 is 0 Å². The maximum absolute atomic E-state index is 2.84. The number of rotatable bonds is 4. The van der Waals surface area contributed by atoms with Crippen molar-refractivity contribution in [3.63, 3.8) is 0 Å². The van der Waals surface area contributed by atoms with E-state index in [0.29, 0.717) is 0 Å². The summed E-state index contributed by atoms with van der Waals surface area (Å²) in [6.07, 6.45) is 5.63. The molecule has 3 unspecified atom stereocenters. The highest BCUT2D eigenvalue weighted by Gasteiger charge is 2.37. The van der Waals surface area contributed by atoms with E-state index < -0.39 is 0 Å². The molecule has 2 aliphatic heterocycles. The summed E-state index contributed by atoms with van der Waals surface area (Å²) in [5.41, 5.74) is 0. The van der Waals surface area contributed by atoms with Gasteiger partial charge in [0.25, 0.3) is 0 Å². The molecule has 2 saturated heterocycles. The van der Waals surface area contributed by atoms with Gasteiger partial charge in [0.05, 0.1) is 0 Å². The summed E-state index contributed by atoms with van der Waals surface area (Å²) in [6, 6.07) is 2.36. The molecule has 2 rings (SSSR count). The van der Waals surface area contributed by atoms with Gasteiger partial charge in [-0.3, -0.25) is 9.80 Å². The van der Waals surface area contributed by atoms with Gasteiger partial charge in [0.2, 0.25) is 0 Å². The van der Waals surface area contributed by atoms with Gasteiger partial charge in [0.15, 0.2) is 0 Å². The summed E-state index contributed by atoms with van der Waals surface area (Å²) in [7, 11) is 0. The van der Waals surface area contributed by atoms with Gasteiger partial charge in [-0.05, 0) is 44.6 Å². The molecule has 2 heteroatoms. The lowest BCUT2D eigenvalue weighted by Gasteiger charge is -2.52. The fourth-order valence-corrected chi connectivity index (χ4v) is 4.15. The molecule has 2 aliphatic rings.